The molecule has 0 aliphatic rings. The summed E-state index contributed by atoms with van der Waals surface area (Å²) in [7, 11) is -4.16. The number of nitrogens with zero attached hydrogens (tertiary/aromatic N) is 2. The van der Waals surface area contributed by atoms with Crippen LogP contribution in [0.15, 0.2) is 119 Å². The van der Waals surface area contributed by atoms with Gasteiger partial charge in [0.2, 0.25) is 11.8 Å². The van der Waals surface area contributed by atoms with Crippen molar-refractivity contribution in [2.45, 2.75) is 44.2 Å². The molecule has 0 aliphatic heterocycles. The van der Waals surface area contributed by atoms with E-state index in [1.807, 2.05) is 61.5 Å². The van der Waals surface area contributed by atoms with E-state index in [0.717, 1.165) is 27.2 Å². The van der Waals surface area contributed by atoms with E-state index in [4.69, 9.17) is 4.74 Å². The number of amides is 2. The number of halogens is 1. The number of carbonyl (C=O) groups is 2. The highest BCUT2D eigenvalue weighted by Crippen LogP contribution is 2.28. The van der Waals surface area contributed by atoms with E-state index in [-0.39, 0.29) is 23.0 Å². The van der Waals surface area contributed by atoms with Crippen molar-refractivity contribution >= 4 is 43.5 Å². The van der Waals surface area contributed by atoms with Gasteiger partial charge in [0, 0.05) is 17.6 Å². The molecule has 44 heavy (non-hydrogen) atoms. The van der Waals surface area contributed by atoms with Gasteiger partial charge in [-0.15, -0.1) is 0 Å². The Morgan fingerprint density at radius 2 is 1.50 bits per heavy atom. The van der Waals surface area contributed by atoms with Crippen molar-refractivity contribution in [2.24, 2.45) is 0 Å². The van der Waals surface area contributed by atoms with Gasteiger partial charge in [-0.1, -0.05) is 77.8 Å². The normalized spacial score (nSPS) is 11.8. The molecule has 0 fully saturated rings. The molecule has 230 valence electrons. The summed E-state index contributed by atoms with van der Waals surface area (Å²) in [5.74, 6) is 0.324. The van der Waals surface area contributed by atoms with Crippen molar-refractivity contribution in [3.05, 3.63) is 119 Å². The van der Waals surface area contributed by atoms with Gasteiger partial charge in [-0.25, -0.2) is 8.42 Å². The minimum absolute atomic E-state index is 0.0429. The number of benzene rings is 4. The zero-order chi connectivity index (χ0) is 31.5. The van der Waals surface area contributed by atoms with E-state index in [1.54, 1.807) is 49.4 Å². The van der Waals surface area contributed by atoms with Crippen LogP contribution in [0, 0.1) is 0 Å². The molecule has 0 radical (unpaired) electrons. The number of rotatable bonds is 14. The van der Waals surface area contributed by atoms with Gasteiger partial charge in [0.15, 0.2) is 0 Å². The molecule has 4 aromatic rings. The number of carbonyl (C=O) groups excluding carboxylic acids is 2. The summed E-state index contributed by atoms with van der Waals surface area (Å²) in [6, 6.07) is 30.3. The summed E-state index contributed by atoms with van der Waals surface area (Å²) in [4.78, 5) is 28.7. The van der Waals surface area contributed by atoms with Crippen LogP contribution >= 0.6 is 15.9 Å². The van der Waals surface area contributed by atoms with Gasteiger partial charge in [0.1, 0.15) is 24.1 Å². The van der Waals surface area contributed by atoms with Crippen LogP contribution in [0.25, 0.3) is 0 Å². The average molecular weight is 679 g/mol. The fraction of sp³-hybridized carbons (Fsp3) is 0.235. The highest BCUT2D eigenvalue weighted by atomic mass is 79.9. The minimum Gasteiger partial charge on any atom is -0.457 e. The maximum atomic E-state index is 14.1. The lowest BCUT2D eigenvalue weighted by molar-refractivity contribution is -0.139. The van der Waals surface area contributed by atoms with E-state index in [0.29, 0.717) is 18.0 Å². The SMILES string of the molecule is CCCCNC(=O)[C@@H](C)N(Cc1cccc(Br)c1)C(=O)CN(c1ccc(Oc2ccccc2)cc1)S(=O)(=O)c1ccccc1. The number of unbranched alkanes of at least 4 members (excludes halogenated alkanes) is 1. The molecule has 8 nitrogen and oxygen atoms in total. The number of sulfonamides is 1. The van der Waals surface area contributed by atoms with Crippen LogP contribution in [0.4, 0.5) is 5.69 Å². The molecule has 4 rings (SSSR count). The summed E-state index contributed by atoms with van der Waals surface area (Å²) < 4.78 is 35.8. The van der Waals surface area contributed by atoms with Crippen molar-refractivity contribution in [1.29, 1.82) is 0 Å². The van der Waals surface area contributed by atoms with Crippen LogP contribution in [-0.4, -0.2) is 44.3 Å². The molecule has 2 amide bonds. The van der Waals surface area contributed by atoms with Gasteiger partial charge >= 0.3 is 0 Å². The highest BCUT2D eigenvalue weighted by Gasteiger charge is 2.32. The molecular formula is C34H36BrN3O5S. The van der Waals surface area contributed by atoms with Crippen LogP contribution in [-0.2, 0) is 26.2 Å². The van der Waals surface area contributed by atoms with Gasteiger partial charge in [-0.3, -0.25) is 13.9 Å². The van der Waals surface area contributed by atoms with Gasteiger partial charge in [-0.2, -0.15) is 0 Å². The fourth-order valence-corrected chi connectivity index (χ4v) is 6.39. The largest absolute Gasteiger partial charge is 0.457 e. The molecule has 1 atom stereocenters. The van der Waals surface area contributed by atoms with Crippen LogP contribution < -0.4 is 14.4 Å². The Kier molecular flexibility index (Phi) is 11.6. The molecule has 10 heteroatoms. The molecule has 0 saturated carbocycles. The fourth-order valence-electron chi connectivity index (χ4n) is 4.50. The van der Waals surface area contributed by atoms with E-state index in [2.05, 4.69) is 21.2 Å². The molecular weight excluding hydrogens is 642 g/mol. The molecule has 0 aliphatic carbocycles. The summed E-state index contributed by atoms with van der Waals surface area (Å²) in [6.45, 7) is 3.77. The van der Waals surface area contributed by atoms with Crippen molar-refractivity contribution in [3.63, 3.8) is 0 Å². The highest BCUT2D eigenvalue weighted by molar-refractivity contribution is 9.10. The molecule has 4 aromatic carbocycles. The minimum atomic E-state index is -4.16. The summed E-state index contributed by atoms with van der Waals surface area (Å²) in [5, 5.41) is 2.90. The number of para-hydroxylation sites is 1. The smallest absolute Gasteiger partial charge is 0.264 e. The third kappa shape index (κ3) is 8.70. The van der Waals surface area contributed by atoms with E-state index < -0.39 is 28.5 Å². The molecule has 0 spiro atoms. The molecule has 0 bridgehead atoms. The topological polar surface area (TPSA) is 96.0 Å². The summed E-state index contributed by atoms with van der Waals surface area (Å²) >= 11 is 3.47. The Morgan fingerprint density at radius 1 is 0.864 bits per heavy atom. The Morgan fingerprint density at radius 3 is 2.14 bits per heavy atom. The number of hydrogen-bond donors (Lipinski definition) is 1. The second-order valence-electron chi connectivity index (χ2n) is 10.2. The van der Waals surface area contributed by atoms with Crippen molar-refractivity contribution in [2.75, 3.05) is 17.4 Å². The van der Waals surface area contributed by atoms with Gasteiger partial charge in [-0.05, 0) is 79.6 Å². The Bertz CT molecular complexity index is 1630. The van der Waals surface area contributed by atoms with Crippen molar-refractivity contribution < 1.29 is 22.7 Å². The van der Waals surface area contributed by atoms with Crippen molar-refractivity contribution in [3.8, 4) is 11.5 Å². The van der Waals surface area contributed by atoms with Crippen molar-refractivity contribution in [1.82, 2.24) is 10.2 Å². The lowest BCUT2D eigenvalue weighted by atomic mass is 10.1. The van der Waals surface area contributed by atoms with Gasteiger partial charge in [0.05, 0.1) is 10.6 Å². The first-order valence-corrected chi connectivity index (χ1v) is 16.6. The van der Waals surface area contributed by atoms with Crippen LogP contribution in [0.2, 0.25) is 0 Å². The predicted molar refractivity (Wildman–Crippen MR) is 176 cm³/mol. The molecule has 0 aromatic heterocycles. The second-order valence-corrected chi connectivity index (χ2v) is 13.0. The van der Waals surface area contributed by atoms with Crippen LogP contribution in [0.1, 0.15) is 32.3 Å². The third-order valence-corrected chi connectivity index (χ3v) is 9.23. The Hall–Kier alpha value is -4.15. The maximum Gasteiger partial charge on any atom is 0.264 e. The van der Waals surface area contributed by atoms with Gasteiger partial charge in [0.25, 0.3) is 10.0 Å². The number of nitrogens with one attached hydrogen (secondary N) is 1. The first-order valence-electron chi connectivity index (χ1n) is 14.4. The summed E-state index contributed by atoms with van der Waals surface area (Å²) in [5.41, 5.74) is 1.07. The molecule has 0 saturated heterocycles. The van der Waals surface area contributed by atoms with E-state index in [9.17, 15) is 18.0 Å². The number of hydrogen-bond acceptors (Lipinski definition) is 5. The first kappa shape index (κ1) is 32.8. The lowest BCUT2D eigenvalue weighted by Gasteiger charge is -2.32. The van der Waals surface area contributed by atoms with Crippen LogP contribution in [0.3, 0.4) is 0 Å². The van der Waals surface area contributed by atoms with Gasteiger partial charge < -0.3 is 15.0 Å². The van der Waals surface area contributed by atoms with E-state index >= 15 is 0 Å². The first-order chi connectivity index (χ1) is 21.2. The lowest BCUT2D eigenvalue weighted by Crippen LogP contribution is -2.51. The standard InChI is InChI=1S/C34H36BrN3O5S/c1-3-4-22-36-34(40)26(2)37(24-27-12-11-13-28(35)23-27)33(39)25-38(44(41,42)32-16-9-6-10-17-32)29-18-20-31(21-19-29)43-30-14-7-5-8-15-30/h5-21,23,26H,3-4,22,24-25H2,1-2H3,(H,36,40)/t26-/m1/s1. The number of anilines is 1. The van der Waals surface area contributed by atoms with E-state index in [1.165, 1.54) is 17.0 Å². The molecule has 1 N–H and O–H groups in total. The number of ether oxygens (including phenoxy) is 1. The molecule has 0 unspecified atom stereocenters. The maximum absolute atomic E-state index is 14.1. The zero-order valence-corrected chi connectivity index (χ0v) is 27.1. The Labute approximate surface area is 267 Å². The monoisotopic (exact) mass is 677 g/mol. The molecule has 0 heterocycles. The quantitative estimate of drug-likeness (QED) is 0.149. The zero-order valence-electron chi connectivity index (χ0n) is 24.7. The third-order valence-electron chi connectivity index (χ3n) is 6.95. The average Bonchev–Trinajstić information content (AvgIpc) is 3.03. The Balaban J connectivity index is 1.67. The summed E-state index contributed by atoms with van der Waals surface area (Å²) in [6.07, 6.45) is 1.72. The second kappa shape index (κ2) is 15.5. The predicted octanol–water partition coefficient (Wildman–Crippen LogP) is 6.77. The van der Waals surface area contributed by atoms with Crippen LogP contribution in [0.5, 0.6) is 11.5 Å².